The van der Waals surface area contributed by atoms with Crippen molar-refractivity contribution in [2.75, 3.05) is 19.5 Å². The van der Waals surface area contributed by atoms with Gasteiger partial charge < -0.3 is 23.9 Å². The first kappa shape index (κ1) is 21.9. The van der Waals surface area contributed by atoms with Gasteiger partial charge in [0.15, 0.2) is 18.1 Å². The Balaban J connectivity index is 1.34. The molecule has 0 atom stereocenters. The first-order chi connectivity index (χ1) is 16.1. The number of benzene rings is 3. The maximum Gasteiger partial charge on any atom is 0.254 e. The summed E-state index contributed by atoms with van der Waals surface area (Å²) in [6, 6.07) is 22.0. The lowest BCUT2D eigenvalue weighted by atomic mass is 10.1. The van der Waals surface area contributed by atoms with E-state index in [4.69, 9.17) is 18.6 Å². The SMILES string of the molecule is COc1ccc(CC(=O)Nc2cccc(OCc3nnc(-c4ccccc4)o3)c2)cc1OC. The van der Waals surface area contributed by atoms with Crippen LogP contribution in [0.15, 0.2) is 77.2 Å². The summed E-state index contributed by atoms with van der Waals surface area (Å²) in [6.07, 6.45) is 0.190. The first-order valence-corrected chi connectivity index (χ1v) is 10.3. The zero-order chi connectivity index (χ0) is 23.0. The van der Waals surface area contributed by atoms with E-state index in [1.807, 2.05) is 36.4 Å². The van der Waals surface area contributed by atoms with E-state index in [-0.39, 0.29) is 18.9 Å². The van der Waals surface area contributed by atoms with Crippen LogP contribution in [0.4, 0.5) is 5.69 Å². The van der Waals surface area contributed by atoms with Gasteiger partial charge in [-0.2, -0.15) is 0 Å². The van der Waals surface area contributed by atoms with E-state index in [0.717, 1.165) is 11.1 Å². The van der Waals surface area contributed by atoms with Gasteiger partial charge in [-0.3, -0.25) is 4.79 Å². The number of methoxy groups -OCH3 is 2. The zero-order valence-electron chi connectivity index (χ0n) is 18.3. The summed E-state index contributed by atoms with van der Waals surface area (Å²) in [5.74, 6) is 2.39. The molecule has 0 radical (unpaired) electrons. The lowest BCUT2D eigenvalue weighted by Crippen LogP contribution is -2.14. The smallest absolute Gasteiger partial charge is 0.254 e. The van der Waals surface area contributed by atoms with E-state index in [1.54, 1.807) is 50.6 Å². The number of rotatable bonds is 9. The third-order valence-electron chi connectivity index (χ3n) is 4.78. The van der Waals surface area contributed by atoms with Crippen LogP contribution in [-0.2, 0) is 17.8 Å². The Hall–Kier alpha value is -4.33. The fourth-order valence-electron chi connectivity index (χ4n) is 3.20. The van der Waals surface area contributed by atoms with Crippen LogP contribution in [0.1, 0.15) is 11.5 Å². The third kappa shape index (κ3) is 5.68. The summed E-state index contributed by atoms with van der Waals surface area (Å²) in [5, 5.41) is 10.9. The summed E-state index contributed by atoms with van der Waals surface area (Å²) in [5.41, 5.74) is 2.27. The molecule has 0 aliphatic heterocycles. The Kier molecular flexibility index (Phi) is 6.84. The second-order valence-corrected chi connectivity index (χ2v) is 7.10. The maximum absolute atomic E-state index is 12.5. The predicted molar refractivity (Wildman–Crippen MR) is 122 cm³/mol. The number of carbonyl (C=O) groups is 1. The van der Waals surface area contributed by atoms with Crippen molar-refractivity contribution in [3.8, 4) is 28.7 Å². The molecule has 33 heavy (non-hydrogen) atoms. The minimum Gasteiger partial charge on any atom is -0.493 e. The van der Waals surface area contributed by atoms with Crippen molar-refractivity contribution < 1.29 is 23.4 Å². The monoisotopic (exact) mass is 445 g/mol. The van der Waals surface area contributed by atoms with Crippen molar-refractivity contribution in [2.45, 2.75) is 13.0 Å². The van der Waals surface area contributed by atoms with Gasteiger partial charge in [-0.1, -0.05) is 30.3 Å². The Morgan fingerprint density at radius 2 is 1.73 bits per heavy atom. The molecule has 0 aliphatic rings. The molecule has 0 unspecified atom stereocenters. The van der Waals surface area contributed by atoms with Crippen LogP contribution in [0, 0.1) is 0 Å². The number of anilines is 1. The molecule has 0 fully saturated rings. The van der Waals surface area contributed by atoms with Crippen molar-refractivity contribution in [3.63, 3.8) is 0 Å². The van der Waals surface area contributed by atoms with Crippen molar-refractivity contribution in [3.05, 3.63) is 84.3 Å². The van der Waals surface area contributed by atoms with E-state index in [1.165, 1.54) is 0 Å². The molecule has 3 aromatic carbocycles. The fraction of sp³-hybridized carbons (Fsp3) is 0.160. The van der Waals surface area contributed by atoms with Crippen LogP contribution in [0.2, 0.25) is 0 Å². The summed E-state index contributed by atoms with van der Waals surface area (Å²) >= 11 is 0. The van der Waals surface area contributed by atoms with Gasteiger partial charge in [0.25, 0.3) is 5.89 Å². The summed E-state index contributed by atoms with van der Waals surface area (Å²) in [6.45, 7) is 0.114. The van der Waals surface area contributed by atoms with Crippen LogP contribution in [0.5, 0.6) is 17.2 Å². The van der Waals surface area contributed by atoms with Gasteiger partial charge in [0.2, 0.25) is 11.8 Å². The van der Waals surface area contributed by atoms with Gasteiger partial charge in [-0.15, -0.1) is 10.2 Å². The number of nitrogens with zero attached hydrogens (tertiary/aromatic N) is 2. The number of aromatic nitrogens is 2. The van der Waals surface area contributed by atoms with Crippen molar-refractivity contribution in [2.24, 2.45) is 0 Å². The minimum atomic E-state index is -0.163. The number of amides is 1. The van der Waals surface area contributed by atoms with Crippen LogP contribution in [0.25, 0.3) is 11.5 Å². The van der Waals surface area contributed by atoms with Gasteiger partial charge in [-0.05, 0) is 42.0 Å². The maximum atomic E-state index is 12.5. The molecular weight excluding hydrogens is 422 g/mol. The number of hydrogen-bond donors (Lipinski definition) is 1. The van der Waals surface area contributed by atoms with Crippen LogP contribution >= 0.6 is 0 Å². The molecule has 0 bridgehead atoms. The molecule has 4 aromatic rings. The van der Waals surface area contributed by atoms with Gasteiger partial charge in [-0.25, -0.2) is 0 Å². The summed E-state index contributed by atoms with van der Waals surface area (Å²) in [4.78, 5) is 12.5. The normalized spacial score (nSPS) is 10.5. The second-order valence-electron chi connectivity index (χ2n) is 7.10. The van der Waals surface area contributed by atoms with Gasteiger partial charge in [0, 0.05) is 17.3 Å². The third-order valence-corrected chi connectivity index (χ3v) is 4.78. The van der Waals surface area contributed by atoms with Crippen LogP contribution in [0.3, 0.4) is 0 Å². The first-order valence-electron chi connectivity index (χ1n) is 10.3. The summed E-state index contributed by atoms with van der Waals surface area (Å²) < 4.78 is 21.9. The highest BCUT2D eigenvalue weighted by Gasteiger charge is 2.11. The van der Waals surface area contributed by atoms with E-state index in [9.17, 15) is 4.79 Å². The molecule has 0 aliphatic carbocycles. The molecule has 1 N–H and O–H groups in total. The van der Waals surface area contributed by atoms with Gasteiger partial charge in [0.1, 0.15) is 5.75 Å². The zero-order valence-corrected chi connectivity index (χ0v) is 18.3. The number of nitrogens with one attached hydrogen (secondary N) is 1. The molecule has 8 nitrogen and oxygen atoms in total. The number of hydrogen-bond acceptors (Lipinski definition) is 7. The molecule has 8 heteroatoms. The molecule has 1 heterocycles. The van der Waals surface area contributed by atoms with Crippen molar-refractivity contribution >= 4 is 11.6 Å². The molecule has 0 saturated heterocycles. The highest BCUT2D eigenvalue weighted by molar-refractivity contribution is 5.92. The lowest BCUT2D eigenvalue weighted by Gasteiger charge is -2.10. The van der Waals surface area contributed by atoms with Gasteiger partial charge in [0.05, 0.1) is 20.6 Å². The van der Waals surface area contributed by atoms with E-state index in [0.29, 0.717) is 34.7 Å². The molecule has 168 valence electrons. The molecule has 1 aromatic heterocycles. The van der Waals surface area contributed by atoms with Crippen LogP contribution < -0.4 is 19.5 Å². The molecule has 4 rings (SSSR count). The quantitative estimate of drug-likeness (QED) is 0.405. The van der Waals surface area contributed by atoms with Gasteiger partial charge >= 0.3 is 0 Å². The Morgan fingerprint density at radius 1 is 0.909 bits per heavy atom. The van der Waals surface area contributed by atoms with Crippen molar-refractivity contribution in [1.29, 1.82) is 0 Å². The standard InChI is InChI=1S/C25H23N3O5/c1-30-21-12-11-17(13-22(21)31-2)14-23(29)26-19-9-6-10-20(15-19)32-16-24-27-28-25(33-24)18-7-4-3-5-8-18/h3-13,15H,14,16H2,1-2H3,(H,26,29). The van der Waals surface area contributed by atoms with Crippen molar-refractivity contribution in [1.82, 2.24) is 10.2 Å². The fourth-order valence-corrected chi connectivity index (χ4v) is 3.20. The molecule has 0 saturated carbocycles. The average Bonchev–Trinajstić information content (AvgIpc) is 3.32. The van der Waals surface area contributed by atoms with E-state index >= 15 is 0 Å². The lowest BCUT2D eigenvalue weighted by molar-refractivity contribution is -0.115. The van der Waals surface area contributed by atoms with E-state index in [2.05, 4.69) is 15.5 Å². The highest BCUT2D eigenvalue weighted by atomic mass is 16.5. The molecular formula is C25H23N3O5. The largest absolute Gasteiger partial charge is 0.493 e. The number of carbonyl (C=O) groups excluding carboxylic acids is 1. The Labute approximate surface area is 191 Å². The number of ether oxygens (including phenoxy) is 3. The Morgan fingerprint density at radius 3 is 2.52 bits per heavy atom. The predicted octanol–water partition coefficient (Wildman–Crippen LogP) is 4.51. The minimum absolute atomic E-state index is 0.114. The van der Waals surface area contributed by atoms with E-state index < -0.39 is 0 Å². The Bertz CT molecular complexity index is 1220. The second kappa shape index (κ2) is 10.3. The average molecular weight is 445 g/mol. The topological polar surface area (TPSA) is 95.7 Å². The highest BCUT2D eigenvalue weighted by Crippen LogP contribution is 2.28. The van der Waals surface area contributed by atoms with Crippen LogP contribution in [-0.4, -0.2) is 30.3 Å². The summed E-state index contributed by atoms with van der Waals surface area (Å²) in [7, 11) is 3.13. The molecule has 0 spiro atoms. The molecule has 1 amide bonds.